The van der Waals surface area contributed by atoms with Gasteiger partial charge in [0.1, 0.15) is 22.3 Å². The Labute approximate surface area is 340 Å². The number of hydrogen-bond acceptors (Lipinski definition) is 2. The number of fused-ring (bicyclic) bond motifs is 13. The van der Waals surface area contributed by atoms with Gasteiger partial charge in [-0.3, -0.25) is 0 Å². The van der Waals surface area contributed by atoms with Gasteiger partial charge in [-0.1, -0.05) is 166 Å². The zero-order valence-corrected chi connectivity index (χ0v) is 32.6. The molecule has 0 amide bonds. The van der Waals surface area contributed by atoms with Crippen molar-refractivity contribution in [2.75, 3.05) is 0 Å². The summed E-state index contributed by atoms with van der Waals surface area (Å²) in [5, 5.41) is 11.8. The van der Waals surface area contributed by atoms with Crippen molar-refractivity contribution in [3.63, 3.8) is 0 Å². The first kappa shape index (κ1) is 32.6. The predicted octanol–water partition coefficient (Wildman–Crippen LogP) is 16.3. The van der Waals surface area contributed by atoms with Gasteiger partial charge in [0.05, 0.1) is 0 Å². The zero-order valence-electron chi connectivity index (χ0n) is 32.6. The van der Waals surface area contributed by atoms with Crippen LogP contribution in [0.15, 0.2) is 191 Å². The Hall–Kier alpha value is -7.42. The Morgan fingerprint density at radius 3 is 1.58 bits per heavy atom. The molecule has 0 spiro atoms. The third-order valence-corrected chi connectivity index (χ3v) is 13.2. The van der Waals surface area contributed by atoms with Crippen LogP contribution < -0.4 is 0 Å². The summed E-state index contributed by atoms with van der Waals surface area (Å²) < 4.78 is 13.2. The van der Waals surface area contributed by atoms with Gasteiger partial charge in [0.2, 0.25) is 0 Å². The van der Waals surface area contributed by atoms with E-state index in [1.807, 2.05) is 12.1 Å². The molecule has 0 fully saturated rings. The second-order valence-corrected chi connectivity index (χ2v) is 16.7. The summed E-state index contributed by atoms with van der Waals surface area (Å²) in [6.45, 7) is 4.78. The largest absolute Gasteiger partial charge is 0.456 e. The van der Waals surface area contributed by atoms with Gasteiger partial charge in [-0.2, -0.15) is 0 Å². The van der Waals surface area contributed by atoms with Crippen molar-refractivity contribution in [2.45, 2.75) is 19.3 Å². The van der Waals surface area contributed by atoms with Crippen LogP contribution in [0.25, 0.3) is 121 Å². The van der Waals surface area contributed by atoms with Crippen LogP contribution in [-0.4, -0.2) is 0 Å². The summed E-state index contributed by atoms with van der Waals surface area (Å²) in [7, 11) is 0. The molecule has 2 aromatic heterocycles. The molecule has 12 aromatic rings. The van der Waals surface area contributed by atoms with E-state index in [0.717, 1.165) is 43.9 Å². The summed E-state index contributed by atoms with van der Waals surface area (Å²) in [6, 6.07) is 66.4. The zero-order chi connectivity index (χ0) is 39.0. The van der Waals surface area contributed by atoms with E-state index in [2.05, 4.69) is 184 Å². The molecule has 59 heavy (non-hydrogen) atoms. The number of para-hydroxylation sites is 1. The standard InChI is InChI=1S/C57H36O2/c1-57(2)48-28-27-34(54-40-22-10-8-20-38(40)53(33-15-4-3-5-16-33)39-21-9-11-23-41(39)54)29-45(48)43-25-14-24-42(56(43)57)44-30-52-55(37-19-7-6-17-35(37)44)47-32-50-46(31-51(47)59-52)36-18-12-13-26-49(36)58-50/h3-32H,1-2H3. The summed E-state index contributed by atoms with van der Waals surface area (Å²) in [5.41, 5.74) is 16.0. The van der Waals surface area contributed by atoms with Crippen LogP contribution in [0.3, 0.4) is 0 Å². The summed E-state index contributed by atoms with van der Waals surface area (Å²) in [6.07, 6.45) is 0. The molecular formula is C57H36O2. The lowest BCUT2D eigenvalue weighted by Gasteiger charge is -2.25. The van der Waals surface area contributed by atoms with Crippen LogP contribution >= 0.6 is 0 Å². The molecule has 0 bridgehead atoms. The topological polar surface area (TPSA) is 26.3 Å². The average molecular weight is 753 g/mol. The second kappa shape index (κ2) is 11.8. The fourth-order valence-corrected chi connectivity index (χ4v) is 10.7. The molecule has 1 aliphatic carbocycles. The molecule has 1 aliphatic rings. The van der Waals surface area contributed by atoms with E-state index in [1.165, 1.54) is 88.0 Å². The van der Waals surface area contributed by atoms with E-state index >= 15 is 0 Å². The highest BCUT2D eigenvalue weighted by Gasteiger charge is 2.38. The maximum atomic E-state index is 6.81. The fourth-order valence-electron chi connectivity index (χ4n) is 10.7. The van der Waals surface area contributed by atoms with E-state index in [9.17, 15) is 0 Å². The summed E-state index contributed by atoms with van der Waals surface area (Å²) in [5.74, 6) is 0. The Kier molecular flexibility index (Phi) is 6.54. The third-order valence-electron chi connectivity index (χ3n) is 13.2. The first-order valence-electron chi connectivity index (χ1n) is 20.5. The van der Waals surface area contributed by atoms with Gasteiger partial charge in [0.15, 0.2) is 0 Å². The monoisotopic (exact) mass is 752 g/mol. The molecule has 0 unspecified atom stereocenters. The number of rotatable bonds is 3. The van der Waals surface area contributed by atoms with Crippen LogP contribution in [0.4, 0.5) is 0 Å². The number of furan rings is 2. The molecule has 10 aromatic carbocycles. The lowest BCUT2D eigenvalue weighted by Crippen LogP contribution is -2.16. The molecule has 0 radical (unpaired) electrons. The molecule has 0 atom stereocenters. The summed E-state index contributed by atoms with van der Waals surface area (Å²) >= 11 is 0. The third kappa shape index (κ3) is 4.46. The highest BCUT2D eigenvalue weighted by Crippen LogP contribution is 2.55. The minimum absolute atomic E-state index is 0.240. The minimum Gasteiger partial charge on any atom is -0.456 e. The molecule has 13 rings (SSSR count). The van der Waals surface area contributed by atoms with Crippen molar-refractivity contribution in [3.05, 3.63) is 193 Å². The van der Waals surface area contributed by atoms with E-state index in [1.54, 1.807) is 0 Å². The van der Waals surface area contributed by atoms with Crippen molar-refractivity contribution in [3.8, 4) is 44.5 Å². The van der Waals surface area contributed by atoms with Crippen molar-refractivity contribution < 1.29 is 8.83 Å². The lowest BCUT2D eigenvalue weighted by atomic mass is 9.78. The number of benzene rings is 10. The average Bonchev–Trinajstić information content (AvgIpc) is 3.91. The van der Waals surface area contributed by atoms with Crippen molar-refractivity contribution in [2.24, 2.45) is 0 Å². The molecule has 0 aliphatic heterocycles. The molecular weight excluding hydrogens is 717 g/mol. The molecule has 0 N–H and O–H groups in total. The quantitative estimate of drug-likeness (QED) is 0.168. The first-order chi connectivity index (χ1) is 29.0. The van der Waals surface area contributed by atoms with Gasteiger partial charge >= 0.3 is 0 Å². The lowest BCUT2D eigenvalue weighted by molar-refractivity contribution is 0.661. The maximum Gasteiger partial charge on any atom is 0.136 e. The fraction of sp³-hybridized carbons (Fsp3) is 0.0526. The molecule has 0 saturated carbocycles. The van der Waals surface area contributed by atoms with Gasteiger partial charge < -0.3 is 8.83 Å². The van der Waals surface area contributed by atoms with Gasteiger partial charge in [-0.05, 0) is 118 Å². The number of hydrogen-bond donors (Lipinski definition) is 0. The maximum absolute atomic E-state index is 6.81. The minimum atomic E-state index is -0.240. The summed E-state index contributed by atoms with van der Waals surface area (Å²) in [4.78, 5) is 0. The van der Waals surface area contributed by atoms with E-state index in [4.69, 9.17) is 8.83 Å². The Morgan fingerprint density at radius 2 is 0.864 bits per heavy atom. The highest BCUT2D eigenvalue weighted by molar-refractivity contribution is 6.25. The molecule has 2 heteroatoms. The Morgan fingerprint density at radius 1 is 0.322 bits per heavy atom. The predicted molar refractivity (Wildman–Crippen MR) is 247 cm³/mol. The van der Waals surface area contributed by atoms with Crippen LogP contribution in [0.1, 0.15) is 25.0 Å². The van der Waals surface area contributed by atoms with Crippen LogP contribution in [0, 0.1) is 0 Å². The van der Waals surface area contributed by atoms with Crippen LogP contribution in [0.5, 0.6) is 0 Å². The van der Waals surface area contributed by atoms with Crippen molar-refractivity contribution in [1.29, 1.82) is 0 Å². The van der Waals surface area contributed by atoms with Crippen molar-refractivity contribution >= 4 is 76.2 Å². The van der Waals surface area contributed by atoms with Gasteiger partial charge in [0.25, 0.3) is 0 Å². The van der Waals surface area contributed by atoms with Crippen LogP contribution in [0.2, 0.25) is 0 Å². The Bertz CT molecular complexity index is 3690. The molecule has 0 saturated heterocycles. The SMILES string of the molecule is CC1(C)c2ccc(-c3c4ccccc4c(-c4ccccc4)c4ccccc34)cc2-c2cccc(-c3cc4oc5cc6c(cc5c4c4ccccc34)oc3ccccc36)c21. The molecule has 2 heterocycles. The second-order valence-electron chi connectivity index (χ2n) is 16.7. The van der Waals surface area contributed by atoms with Gasteiger partial charge in [0, 0.05) is 27.0 Å². The highest BCUT2D eigenvalue weighted by atomic mass is 16.3. The normalized spacial score (nSPS) is 13.4. The molecule has 276 valence electrons. The van der Waals surface area contributed by atoms with E-state index in [0.29, 0.717) is 0 Å². The van der Waals surface area contributed by atoms with E-state index < -0.39 is 0 Å². The van der Waals surface area contributed by atoms with Crippen molar-refractivity contribution in [1.82, 2.24) is 0 Å². The Balaban J connectivity index is 1.03. The van der Waals surface area contributed by atoms with E-state index in [-0.39, 0.29) is 5.41 Å². The van der Waals surface area contributed by atoms with Crippen LogP contribution in [-0.2, 0) is 5.41 Å². The smallest absolute Gasteiger partial charge is 0.136 e. The molecule has 2 nitrogen and oxygen atoms in total. The van der Waals surface area contributed by atoms with Gasteiger partial charge in [-0.15, -0.1) is 0 Å². The first-order valence-corrected chi connectivity index (χ1v) is 20.5. The van der Waals surface area contributed by atoms with Gasteiger partial charge in [-0.25, -0.2) is 0 Å².